The van der Waals surface area contributed by atoms with Gasteiger partial charge in [0.1, 0.15) is 11.2 Å². The Balaban J connectivity index is 1.07. The molecule has 12 rings (SSSR count). The number of anilines is 3. The quantitative estimate of drug-likeness (QED) is 0.160. The third-order valence-electron chi connectivity index (χ3n) is 12.1. The molecular formula is C58H37NOS. The van der Waals surface area contributed by atoms with Crippen LogP contribution in [0.2, 0.25) is 0 Å². The largest absolute Gasteiger partial charge is 0.455 e. The fraction of sp³-hybridized carbons (Fsp3) is 0. The van der Waals surface area contributed by atoms with Crippen molar-refractivity contribution in [2.45, 2.75) is 0 Å². The normalized spacial score (nSPS) is 11.6. The standard InChI is InChI=1S/C58H37NOS/c1-2-15-38(16-3-1)44-24-11-17-40-18-12-27-49(56(40)44)47-21-4-7-29-52(47)59(42-35-33-39(34-36-42)46-26-13-28-50-48-22-5-8-30-53(48)60-58(46)50)43-20-10-19-41(37-43)45-25-14-32-55-57(45)51-23-6-9-31-54(51)61-55/h1-37H. The molecule has 286 valence electrons. The molecule has 0 fully saturated rings. The summed E-state index contributed by atoms with van der Waals surface area (Å²) in [5, 5.41) is 7.31. The lowest BCUT2D eigenvalue weighted by Crippen LogP contribution is -2.11. The van der Waals surface area contributed by atoms with Crippen LogP contribution in [0.5, 0.6) is 0 Å². The molecule has 0 atom stereocenters. The lowest BCUT2D eigenvalue weighted by molar-refractivity contribution is 0.670. The molecule has 0 bridgehead atoms. The van der Waals surface area contributed by atoms with Crippen molar-refractivity contribution in [1.29, 1.82) is 0 Å². The van der Waals surface area contributed by atoms with Crippen molar-refractivity contribution in [2.24, 2.45) is 0 Å². The first kappa shape index (κ1) is 35.2. The van der Waals surface area contributed by atoms with Gasteiger partial charge in [-0.25, -0.2) is 0 Å². The van der Waals surface area contributed by atoms with Crippen molar-refractivity contribution in [3.8, 4) is 44.5 Å². The molecule has 0 radical (unpaired) electrons. The number of hydrogen-bond donors (Lipinski definition) is 0. The summed E-state index contributed by atoms with van der Waals surface area (Å²) in [5.41, 5.74) is 14.4. The topological polar surface area (TPSA) is 16.4 Å². The van der Waals surface area contributed by atoms with E-state index in [1.807, 2.05) is 23.5 Å². The molecule has 3 heteroatoms. The Morgan fingerprint density at radius 2 is 0.934 bits per heavy atom. The zero-order valence-electron chi connectivity index (χ0n) is 33.1. The molecule has 0 saturated heterocycles. The molecule has 0 amide bonds. The molecule has 2 heterocycles. The monoisotopic (exact) mass is 795 g/mol. The van der Waals surface area contributed by atoms with Gasteiger partial charge in [-0.1, -0.05) is 176 Å². The van der Waals surface area contributed by atoms with Crippen LogP contribution in [-0.4, -0.2) is 0 Å². The van der Waals surface area contributed by atoms with E-state index in [4.69, 9.17) is 4.42 Å². The second-order valence-corrected chi connectivity index (χ2v) is 16.7. The predicted octanol–water partition coefficient (Wildman–Crippen LogP) is 17.2. The molecule has 12 aromatic rings. The fourth-order valence-corrected chi connectivity index (χ4v) is 10.5. The van der Waals surface area contributed by atoms with E-state index in [1.165, 1.54) is 58.8 Å². The van der Waals surface area contributed by atoms with Crippen LogP contribution in [0.3, 0.4) is 0 Å². The number of furan rings is 1. The number of hydrogen-bond acceptors (Lipinski definition) is 3. The molecule has 2 nitrogen and oxygen atoms in total. The van der Waals surface area contributed by atoms with Gasteiger partial charge >= 0.3 is 0 Å². The summed E-state index contributed by atoms with van der Waals surface area (Å²) < 4.78 is 9.10. The summed E-state index contributed by atoms with van der Waals surface area (Å²) >= 11 is 1.86. The molecule has 10 aromatic carbocycles. The number of thiophene rings is 1. The van der Waals surface area contributed by atoms with Crippen LogP contribution in [0.1, 0.15) is 0 Å². The molecule has 61 heavy (non-hydrogen) atoms. The highest BCUT2D eigenvalue weighted by molar-refractivity contribution is 7.25. The Morgan fingerprint density at radius 1 is 0.344 bits per heavy atom. The lowest BCUT2D eigenvalue weighted by Gasteiger charge is -2.29. The average Bonchev–Trinajstić information content (AvgIpc) is 3.91. The fourth-order valence-electron chi connectivity index (χ4n) is 9.34. The molecule has 0 unspecified atom stereocenters. The molecular weight excluding hydrogens is 759 g/mol. The second kappa shape index (κ2) is 14.5. The van der Waals surface area contributed by atoms with Crippen LogP contribution >= 0.6 is 11.3 Å². The van der Waals surface area contributed by atoms with Crippen LogP contribution in [0.15, 0.2) is 229 Å². The molecule has 0 aliphatic rings. The maximum atomic E-state index is 6.49. The number of nitrogens with zero attached hydrogens (tertiary/aromatic N) is 1. The van der Waals surface area contributed by atoms with Crippen LogP contribution in [0, 0.1) is 0 Å². The first-order valence-electron chi connectivity index (χ1n) is 20.7. The van der Waals surface area contributed by atoms with Gasteiger partial charge in [-0.05, 0) is 92.7 Å². The van der Waals surface area contributed by atoms with Gasteiger partial charge in [-0.3, -0.25) is 0 Å². The Hall–Kier alpha value is -7.72. The van der Waals surface area contributed by atoms with Crippen molar-refractivity contribution in [3.05, 3.63) is 224 Å². The minimum absolute atomic E-state index is 0.902. The van der Waals surface area contributed by atoms with E-state index < -0.39 is 0 Å². The minimum Gasteiger partial charge on any atom is -0.455 e. The summed E-state index contributed by atoms with van der Waals surface area (Å²) in [6.07, 6.45) is 0. The van der Waals surface area contributed by atoms with Crippen molar-refractivity contribution < 1.29 is 4.42 Å². The molecule has 0 aliphatic carbocycles. The Labute approximate surface area is 357 Å². The van der Waals surface area contributed by atoms with Crippen LogP contribution in [0.25, 0.3) is 97.4 Å². The van der Waals surface area contributed by atoms with E-state index in [0.29, 0.717) is 0 Å². The number of para-hydroxylation sites is 3. The average molecular weight is 796 g/mol. The van der Waals surface area contributed by atoms with Crippen LogP contribution in [0.4, 0.5) is 17.1 Å². The van der Waals surface area contributed by atoms with E-state index in [-0.39, 0.29) is 0 Å². The Kier molecular flexibility index (Phi) is 8.39. The SMILES string of the molecule is c1ccc(-c2cccc3cccc(-c4ccccc4N(c4ccc(-c5cccc6c5oc5ccccc56)cc4)c4cccc(-c5cccc6sc7ccccc7c56)c4)c23)cc1. The van der Waals surface area contributed by atoms with Crippen molar-refractivity contribution in [1.82, 2.24) is 0 Å². The van der Waals surface area contributed by atoms with Crippen molar-refractivity contribution in [3.63, 3.8) is 0 Å². The van der Waals surface area contributed by atoms with Gasteiger partial charge in [-0.2, -0.15) is 0 Å². The Morgan fingerprint density at radius 3 is 1.80 bits per heavy atom. The van der Waals surface area contributed by atoms with Crippen molar-refractivity contribution >= 4 is 81.3 Å². The third-order valence-corrected chi connectivity index (χ3v) is 13.2. The minimum atomic E-state index is 0.902. The molecule has 0 saturated carbocycles. The number of benzene rings is 10. The lowest BCUT2D eigenvalue weighted by atomic mass is 9.90. The zero-order chi connectivity index (χ0) is 40.3. The van der Waals surface area contributed by atoms with Crippen LogP contribution in [-0.2, 0) is 0 Å². The van der Waals surface area contributed by atoms with Gasteiger partial charge in [0, 0.05) is 53.4 Å². The first-order valence-corrected chi connectivity index (χ1v) is 21.6. The van der Waals surface area contributed by atoms with E-state index >= 15 is 0 Å². The first-order chi connectivity index (χ1) is 30.3. The van der Waals surface area contributed by atoms with Gasteiger partial charge in [0.2, 0.25) is 0 Å². The maximum absolute atomic E-state index is 6.49. The highest BCUT2D eigenvalue weighted by Gasteiger charge is 2.21. The molecule has 2 aromatic heterocycles. The molecule has 0 spiro atoms. The predicted molar refractivity (Wildman–Crippen MR) is 261 cm³/mol. The summed E-state index contributed by atoms with van der Waals surface area (Å²) in [5.74, 6) is 0. The van der Waals surface area contributed by atoms with E-state index in [9.17, 15) is 0 Å². The van der Waals surface area contributed by atoms with Gasteiger partial charge in [-0.15, -0.1) is 11.3 Å². The second-order valence-electron chi connectivity index (χ2n) is 15.6. The van der Waals surface area contributed by atoms with Gasteiger partial charge in [0.25, 0.3) is 0 Å². The highest BCUT2D eigenvalue weighted by Crippen LogP contribution is 2.47. The van der Waals surface area contributed by atoms with Crippen LogP contribution < -0.4 is 4.90 Å². The van der Waals surface area contributed by atoms with Gasteiger partial charge < -0.3 is 9.32 Å². The Bertz CT molecular complexity index is 3590. The molecule has 0 aliphatic heterocycles. The third kappa shape index (κ3) is 5.93. The van der Waals surface area contributed by atoms with Crippen molar-refractivity contribution in [2.75, 3.05) is 4.90 Å². The summed E-state index contributed by atoms with van der Waals surface area (Å²) in [6, 6.07) is 81.2. The highest BCUT2D eigenvalue weighted by atomic mass is 32.1. The number of rotatable bonds is 7. The van der Waals surface area contributed by atoms with E-state index in [1.54, 1.807) is 0 Å². The van der Waals surface area contributed by atoms with Gasteiger partial charge in [0.05, 0.1) is 5.69 Å². The molecule has 0 N–H and O–H groups in total. The smallest absolute Gasteiger partial charge is 0.143 e. The summed E-state index contributed by atoms with van der Waals surface area (Å²) in [7, 11) is 0. The maximum Gasteiger partial charge on any atom is 0.143 e. The zero-order valence-corrected chi connectivity index (χ0v) is 33.9. The van der Waals surface area contributed by atoms with E-state index in [2.05, 4.69) is 217 Å². The summed E-state index contributed by atoms with van der Waals surface area (Å²) in [4.78, 5) is 2.43. The van der Waals surface area contributed by atoms with E-state index in [0.717, 1.165) is 55.7 Å². The van der Waals surface area contributed by atoms with Gasteiger partial charge in [0.15, 0.2) is 0 Å². The number of fused-ring (bicyclic) bond motifs is 7. The summed E-state index contributed by atoms with van der Waals surface area (Å²) in [6.45, 7) is 0.